The van der Waals surface area contributed by atoms with Crippen molar-refractivity contribution in [1.29, 1.82) is 0 Å². The molecule has 0 aromatic heterocycles. The van der Waals surface area contributed by atoms with Crippen molar-refractivity contribution in [3.63, 3.8) is 0 Å². The number of benzene rings is 2. The van der Waals surface area contributed by atoms with E-state index in [-0.39, 0.29) is 11.1 Å². The Labute approximate surface area is 115 Å². The fraction of sp³-hybridized carbons (Fsp3) is 0.0667. The average Bonchev–Trinajstić information content (AvgIpc) is 2.45. The maximum absolute atomic E-state index is 11.8. The van der Waals surface area contributed by atoms with Crippen LogP contribution in [0, 0.1) is 0 Å². The number of anilines is 1. The molecule has 20 heavy (non-hydrogen) atoms. The fourth-order valence-electron chi connectivity index (χ4n) is 1.91. The van der Waals surface area contributed by atoms with E-state index in [1.54, 1.807) is 30.3 Å². The van der Waals surface area contributed by atoms with Gasteiger partial charge in [-0.1, -0.05) is 18.2 Å². The molecule has 0 bridgehead atoms. The van der Waals surface area contributed by atoms with E-state index in [9.17, 15) is 9.59 Å². The van der Waals surface area contributed by atoms with E-state index in [1.165, 1.54) is 19.2 Å². The summed E-state index contributed by atoms with van der Waals surface area (Å²) in [4.78, 5) is 22.8. The minimum Gasteiger partial charge on any atom is -0.478 e. The van der Waals surface area contributed by atoms with Crippen molar-refractivity contribution in [3.05, 3.63) is 53.6 Å². The molecule has 0 saturated heterocycles. The summed E-state index contributed by atoms with van der Waals surface area (Å²) in [5, 5.41) is 9.00. The molecule has 0 fully saturated rings. The highest BCUT2D eigenvalue weighted by Crippen LogP contribution is 2.27. The van der Waals surface area contributed by atoms with Gasteiger partial charge in [-0.3, -0.25) is 0 Å². The molecular weight excluding hydrogens is 258 g/mol. The van der Waals surface area contributed by atoms with E-state index in [2.05, 4.69) is 0 Å². The van der Waals surface area contributed by atoms with Gasteiger partial charge in [-0.25, -0.2) is 9.59 Å². The molecule has 0 radical (unpaired) electrons. The molecule has 0 unspecified atom stereocenters. The number of methoxy groups -OCH3 is 1. The van der Waals surface area contributed by atoms with Crippen molar-refractivity contribution < 1.29 is 19.4 Å². The molecule has 102 valence electrons. The monoisotopic (exact) mass is 271 g/mol. The van der Waals surface area contributed by atoms with E-state index < -0.39 is 11.9 Å². The van der Waals surface area contributed by atoms with Crippen LogP contribution in [-0.4, -0.2) is 24.2 Å². The Hall–Kier alpha value is -2.82. The first kappa shape index (κ1) is 13.6. The second-order valence-electron chi connectivity index (χ2n) is 4.18. The third-order valence-corrected chi connectivity index (χ3v) is 2.87. The first-order chi connectivity index (χ1) is 9.52. The molecule has 0 aliphatic heterocycles. The number of aromatic carboxylic acids is 1. The highest BCUT2D eigenvalue weighted by Gasteiger charge is 2.16. The highest BCUT2D eigenvalue weighted by atomic mass is 16.5. The quantitative estimate of drug-likeness (QED) is 0.661. The van der Waals surface area contributed by atoms with Crippen molar-refractivity contribution in [2.75, 3.05) is 12.8 Å². The van der Waals surface area contributed by atoms with Gasteiger partial charge in [-0.15, -0.1) is 0 Å². The minimum absolute atomic E-state index is 0.0260. The van der Waals surface area contributed by atoms with Crippen LogP contribution in [0.25, 0.3) is 11.1 Å². The Morgan fingerprint density at radius 3 is 2.50 bits per heavy atom. The number of nitrogen functional groups attached to an aromatic ring is 1. The molecule has 0 aliphatic rings. The lowest BCUT2D eigenvalue weighted by atomic mass is 9.97. The first-order valence-electron chi connectivity index (χ1n) is 5.84. The van der Waals surface area contributed by atoms with Gasteiger partial charge >= 0.3 is 11.9 Å². The number of esters is 1. The Morgan fingerprint density at radius 2 is 1.90 bits per heavy atom. The molecule has 2 aromatic rings. The molecule has 2 aromatic carbocycles. The number of carbonyl (C=O) groups excluding carboxylic acids is 1. The number of carboxylic acid groups (broad SMARTS) is 1. The van der Waals surface area contributed by atoms with Gasteiger partial charge in [0, 0.05) is 5.69 Å². The Morgan fingerprint density at radius 1 is 1.15 bits per heavy atom. The Kier molecular flexibility index (Phi) is 3.70. The minimum atomic E-state index is -1.10. The number of ether oxygens (including phenoxy) is 1. The van der Waals surface area contributed by atoms with Gasteiger partial charge in [0.1, 0.15) is 0 Å². The summed E-state index contributed by atoms with van der Waals surface area (Å²) in [6.07, 6.45) is 0. The predicted molar refractivity (Wildman–Crippen MR) is 74.6 cm³/mol. The van der Waals surface area contributed by atoms with Crippen LogP contribution in [0.5, 0.6) is 0 Å². The van der Waals surface area contributed by atoms with Gasteiger partial charge in [0.25, 0.3) is 0 Å². The van der Waals surface area contributed by atoms with Crippen molar-refractivity contribution in [3.8, 4) is 11.1 Å². The molecule has 0 amide bonds. The van der Waals surface area contributed by atoms with Crippen LogP contribution >= 0.6 is 0 Å². The zero-order valence-corrected chi connectivity index (χ0v) is 10.8. The molecule has 0 atom stereocenters. The summed E-state index contributed by atoms with van der Waals surface area (Å²) < 4.78 is 4.70. The summed E-state index contributed by atoms with van der Waals surface area (Å²) in [5.41, 5.74) is 7.80. The lowest BCUT2D eigenvalue weighted by Crippen LogP contribution is -2.07. The van der Waals surface area contributed by atoms with Gasteiger partial charge in [0.15, 0.2) is 0 Å². The maximum atomic E-state index is 11.8. The molecule has 0 saturated carbocycles. The zero-order chi connectivity index (χ0) is 14.7. The average molecular weight is 271 g/mol. The SMILES string of the molecule is COC(=O)c1cc(C(=O)O)ccc1-c1cccc(N)c1. The van der Waals surface area contributed by atoms with E-state index in [1.807, 2.05) is 0 Å². The second kappa shape index (κ2) is 5.44. The van der Waals surface area contributed by atoms with E-state index >= 15 is 0 Å². The van der Waals surface area contributed by atoms with Crippen LogP contribution in [0.3, 0.4) is 0 Å². The van der Waals surface area contributed by atoms with Gasteiger partial charge in [0.2, 0.25) is 0 Å². The van der Waals surface area contributed by atoms with Crippen LogP contribution in [0.4, 0.5) is 5.69 Å². The normalized spacial score (nSPS) is 10.1. The van der Waals surface area contributed by atoms with Gasteiger partial charge in [0.05, 0.1) is 18.2 Å². The van der Waals surface area contributed by atoms with Gasteiger partial charge in [-0.05, 0) is 35.4 Å². The van der Waals surface area contributed by atoms with Crippen LogP contribution in [-0.2, 0) is 4.74 Å². The molecule has 0 heterocycles. The molecule has 2 rings (SSSR count). The third-order valence-electron chi connectivity index (χ3n) is 2.87. The van der Waals surface area contributed by atoms with E-state index in [0.717, 1.165) is 5.56 Å². The number of carbonyl (C=O) groups is 2. The summed E-state index contributed by atoms with van der Waals surface area (Å²) >= 11 is 0. The largest absolute Gasteiger partial charge is 0.478 e. The van der Waals surface area contributed by atoms with E-state index in [4.69, 9.17) is 15.6 Å². The summed E-state index contributed by atoms with van der Waals surface area (Å²) in [6, 6.07) is 11.3. The summed E-state index contributed by atoms with van der Waals surface area (Å²) in [7, 11) is 1.25. The standard InChI is InChI=1S/C15H13NO4/c1-20-15(19)13-8-10(14(17)18)5-6-12(13)9-3-2-4-11(16)7-9/h2-8H,16H2,1H3,(H,17,18). The Balaban J connectivity index is 2.63. The van der Waals surface area contributed by atoms with Gasteiger partial charge in [-0.2, -0.15) is 0 Å². The fourth-order valence-corrected chi connectivity index (χ4v) is 1.91. The predicted octanol–water partition coefficient (Wildman–Crippen LogP) is 2.42. The number of carboxylic acids is 1. The molecule has 5 heteroatoms. The lowest BCUT2D eigenvalue weighted by Gasteiger charge is -2.10. The Bertz CT molecular complexity index is 679. The van der Waals surface area contributed by atoms with Crippen LogP contribution in [0.2, 0.25) is 0 Å². The molecule has 5 nitrogen and oxygen atoms in total. The molecular formula is C15H13NO4. The zero-order valence-electron chi connectivity index (χ0n) is 10.8. The number of nitrogens with two attached hydrogens (primary N) is 1. The van der Waals surface area contributed by atoms with Crippen LogP contribution < -0.4 is 5.73 Å². The van der Waals surface area contributed by atoms with Crippen molar-refractivity contribution in [1.82, 2.24) is 0 Å². The van der Waals surface area contributed by atoms with Crippen molar-refractivity contribution in [2.24, 2.45) is 0 Å². The number of hydrogen-bond acceptors (Lipinski definition) is 4. The lowest BCUT2D eigenvalue weighted by molar-refractivity contribution is 0.0601. The molecule has 0 aliphatic carbocycles. The van der Waals surface area contributed by atoms with Crippen molar-refractivity contribution in [2.45, 2.75) is 0 Å². The van der Waals surface area contributed by atoms with Crippen LogP contribution in [0.15, 0.2) is 42.5 Å². The number of rotatable bonds is 3. The maximum Gasteiger partial charge on any atom is 0.338 e. The van der Waals surface area contributed by atoms with Gasteiger partial charge < -0.3 is 15.6 Å². The van der Waals surface area contributed by atoms with Crippen molar-refractivity contribution >= 4 is 17.6 Å². The number of hydrogen-bond donors (Lipinski definition) is 2. The third kappa shape index (κ3) is 2.61. The first-order valence-corrected chi connectivity index (χ1v) is 5.84. The topological polar surface area (TPSA) is 89.6 Å². The highest BCUT2D eigenvalue weighted by molar-refractivity contribution is 6.00. The van der Waals surface area contributed by atoms with Crippen LogP contribution in [0.1, 0.15) is 20.7 Å². The summed E-state index contributed by atoms with van der Waals surface area (Å²) in [5.74, 6) is -1.69. The van der Waals surface area contributed by atoms with E-state index in [0.29, 0.717) is 11.3 Å². The summed E-state index contributed by atoms with van der Waals surface area (Å²) in [6.45, 7) is 0. The molecule has 3 N–H and O–H groups in total. The molecule has 0 spiro atoms. The smallest absolute Gasteiger partial charge is 0.338 e. The second-order valence-corrected chi connectivity index (χ2v) is 4.18.